The highest BCUT2D eigenvalue weighted by Crippen LogP contribution is 2.31. The molecule has 0 unspecified atom stereocenters. The number of Topliss-reactive ketones (excluding diaryl/α,β-unsaturated/α-hetero) is 1. The minimum absolute atomic E-state index is 0.0484. The van der Waals surface area contributed by atoms with Crippen LogP contribution in [-0.2, 0) is 0 Å². The van der Waals surface area contributed by atoms with Gasteiger partial charge in [0.2, 0.25) is 0 Å². The van der Waals surface area contributed by atoms with Gasteiger partial charge in [-0.2, -0.15) is 0 Å². The third kappa shape index (κ3) is 2.82. The number of rotatable bonds is 3. The van der Waals surface area contributed by atoms with Crippen LogP contribution in [0.3, 0.4) is 0 Å². The molecule has 2 N–H and O–H groups in total. The lowest BCUT2D eigenvalue weighted by Crippen LogP contribution is -2.51. The van der Waals surface area contributed by atoms with E-state index >= 15 is 0 Å². The smallest absolute Gasteiger partial charge is 0.255 e. The lowest BCUT2D eigenvalue weighted by molar-refractivity contribution is -0.0521. The number of nitrogens with one attached hydrogen (secondary N) is 1. The van der Waals surface area contributed by atoms with E-state index in [1.807, 2.05) is 27.7 Å². The van der Waals surface area contributed by atoms with Crippen LogP contribution in [0.5, 0.6) is 0 Å². The minimum Gasteiger partial charge on any atom is -0.390 e. The Bertz CT molecular complexity index is 601. The van der Waals surface area contributed by atoms with Crippen molar-refractivity contribution in [2.75, 3.05) is 13.1 Å². The molecule has 0 radical (unpaired) electrons. The summed E-state index contributed by atoms with van der Waals surface area (Å²) in [4.78, 5) is 29.3. The molecule has 1 aromatic rings. The van der Waals surface area contributed by atoms with Crippen LogP contribution in [0, 0.1) is 19.8 Å². The van der Waals surface area contributed by atoms with E-state index in [0.29, 0.717) is 30.8 Å². The summed E-state index contributed by atoms with van der Waals surface area (Å²) in [7, 11) is 0. The monoisotopic (exact) mass is 306 g/mol. The molecule has 0 saturated carbocycles. The summed E-state index contributed by atoms with van der Waals surface area (Å²) in [5.74, 6) is -0.0302. The van der Waals surface area contributed by atoms with Gasteiger partial charge in [-0.25, -0.2) is 0 Å². The number of H-pyrrole nitrogens is 1. The minimum atomic E-state index is -0.710. The topological polar surface area (TPSA) is 73.4 Å². The van der Waals surface area contributed by atoms with Gasteiger partial charge in [-0.1, -0.05) is 6.92 Å². The van der Waals surface area contributed by atoms with Crippen LogP contribution in [0.1, 0.15) is 65.7 Å². The fourth-order valence-corrected chi connectivity index (χ4v) is 3.45. The van der Waals surface area contributed by atoms with E-state index in [1.165, 1.54) is 6.92 Å². The van der Waals surface area contributed by atoms with Gasteiger partial charge in [0, 0.05) is 31.6 Å². The van der Waals surface area contributed by atoms with Crippen molar-refractivity contribution in [2.45, 2.75) is 53.1 Å². The number of hydrogen-bond donors (Lipinski definition) is 2. The normalized spacial score (nSPS) is 25.4. The average Bonchev–Trinajstić information content (AvgIpc) is 2.73. The Balaban J connectivity index is 2.28. The summed E-state index contributed by atoms with van der Waals surface area (Å²) in [6.45, 7) is 10.1. The zero-order chi connectivity index (χ0) is 16.7. The number of likely N-dealkylation sites (tertiary alicyclic amines) is 1. The Morgan fingerprint density at radius 3 is 2.55 bits per heavy atom. The molecule has 1 aromatic heterocycles. The number of nitrogens with zero attached hydrogens (tertiary/aromatic N) is 1. The van der Waals surface area contributed by atoms with Gasteiger partial charge in [0.1, 0.15) is 0 Å². The summed E-state index contributed by atoms with van der Waals surface area (Å²) in [6.07, 6.45) is 1.42. The number of aryl methyl sites for hydroxylation is 1. The third-order valence-corrected chi connectivity index (χ3v) is 4.99. The van der Waals surface area contributed by atoms with Crippen LogP contribution in [0.25, 0.3) is 0 Å². The van der Waals surface area contributed by atoms with E-state index in [9.17, 15) is 14.7 Å². The number of hydrogen-bond acceptors (Lipinski definition) is 3. The standard InChI is InChI=1S/C17H26N2O3/c1-6-13-9-19(8-7-17(13,5)22)16(21)14-10(2)15(12(4)20)18-11(14)3/h13,18,22H,6-9H2,1-5H3/t13-,17+/m0/s1. The molecule has 2 atom stereocenters. The van der Waals surface area contributed by atoms with E-state index in [0.717, 1.165) is 17.7 Å². The second kappa shape index (κ2) is 5.88. The van der Waals surface area contributed by atoms with Gasteiger partial charge in [0.25, 0.3) is 5.91 Å². The Morgan fingerprint density at radius 2 is 2.05 bits per heavy atom. The van der Waals surface area contributed by atoms with Gasteiger partial charge in [-0.15, -0.1) is 0 Å². The highest BCUT2D eigenvalue weighted by Gasteiger charge is 2.38. The molecule has 122 valence electrons. The predicted octanol–water partition coefficient (Wildman–Crippen LogP) is 2.46. The summed E-state index contributed by atoms with van der Waals surface area (Å²) >= 11 is 0. The van der Waals surface area contributed by atoms with E-state index in [-0.39, 0.29) is 17.6 Å². The molecule has 2 rings (SSSR count). The summed E-state index contributed by atoms with van der Waals surface area (Å²) < 4.78 is 0. The second-order valence-corrected chi connectivity index (χ2v) is 6.64. The molecule has 0 bridgehead atoms. The molecule has 0 aliphatic carbocycles. The van der Waals surface area contributed by atoms with Crippen molar-refractivity contribution >= 4 is 11.7 Å². The number of aliphatic hydroxyl groups is 1. The number of carbonyl (C=O) groups excluding carboxylic acids is 2. The first kappa shape index (κ1) is 16.7. The first-order chi connectivity index (χ1) is 10.2. The average molecular weight is 306 g/mol. The molecule has 0 spiro atoms. The van der Waals surface area contributed by atoms with Crippen molar-refractivity contribution in [1.29, 1.82) is 0 Å². The maximum atomic E-state index is 12.9. The molecule has 5 heteroatoms. The number of piperidine rings is 1. The van der Waals surface area contributed by atoms with Gasteiger partial charge in [0.05, 0.1) is 16.9 Å². The fraction of sp³-hybridized carbons (Fsp3) is 0.647. The molecule has 1 aliphatic rings. The van der Waals surface area contributed by atoms with Crippen LogP contribution in [0.2, 0.25) is 0 Å². The number of ketones is 1. The van der Waals surface area contributed by atoms with E-state index in [4.69, 9.17) is 0 Å². The van der Waals surface area contributed by atoms with Crippen molar-refractivity contribution in [2.24, 2.45) is 5.92 Å². The van der Waals surface area contributed by atoms with Crippen molar-refractivity contribution in [3.63, 3.8) is 0 Å². The zero-order valence-electron chi connectivity index (χ0n) is 14.1. The first-order valence-electron chi connectivity index (χ1n) is 7.90. The summed E-state index contributed by atoms with van der Waals surface area (Å²) in [5, 5.41) is 10.4. The maximum Gasteiger partial charge on any atom is 0.255 e. The first-order valence-corrected chi connectivity index (χ1v) is 7.90. The summed E-state index contributed by atoms with van der Waals surface area (Å²) in [5.41, 5.74) is 1.86. The number of aromatic amines is 1. The molecular weight excluding hydrogens is 280 g/mol. The fourth-order valence-electron chi connectivity index (χ4n) is 3.45. The van der Waals surface area contributed by atoms with Gasteiger partial charge < -0.3 is 15.0 Å². The van der Waals surface area contributed by atoms with Crippen molar-refractivity contribution < 1.29 is 14.7 Å². The molecule has 0 aromatic carbocycles. The molecule has 1 saturated heterocycles. The van der Waals surface area contributed by atoms with Crippen LogP contribution >= 0.6 is 0 Å². The van der Waals surface area contributed by atoms with Crippen LogP contribution in [-0.4, -0.2) is 45.4 Å². The number of aromatic nitrogens is 1. The molecular formula is C17H26N2O3. The Labute approximate surface area is 131 Å². The lowest BCUT2D eigenvalue weighted by atomic mass is 9.80. The maximum absolute atomic E-state index is 12.9. The Hall–Kier alpha value is -1.62. The highest BCUT2D eigenvalue weighted by atomic mass is 16.3. The van der Waals surface area contributed by atoms with Crippen molar-refractivity contribution in [3.05, 3.63) is 22.5 Å². The SMILES string of the molecule is CC[C@H]1CN(C(=O)c2c(C)[nH]c(C(C)=O)c2C)CC[C@@]1(C)O. The number of amides is 1. The Kier molecular flexibility index (Phi) is 4.47. The molecule has 1 aliphatic heterocycles. The third-order valence-electron chi connectivity index (χ3n) is 4.99. The lowest BCUT2D eigenvalue weighted by Gasteiger charge is -2.42. The number of carbonyl (C=O) groups is 2. The van der Waals surface area contributed by atoms with Crippen LogP contribution in [0.4, 0.5) is 0 Å². The highest BCUT2D eigenvalue weighted by molar-refractivity contribution is 6.02. The van der Waals surface area contributed by atoms with E-state index in [1.54, 1.807) is 4.90 Å². The quantitative estimate of drug-likeness (QED) is 0.843. The van der Waals surface area contributed by atoms with Crippen LogP contribution < -0.4 is 0 Å². The van der Waals surface area contributed by atoms with Crippen molar-refractivity contribution in [1.82, 2.24) is 9.88 Å². The molecule has 1 fully saturated rings. The molecule has 2 heterocycles. The predicted molar refractivity (Wildman–Crippen MR) is 85.2 cm³/mol. The van der Waals surface area contributed by atoms with Gasteiger partial charge in [-0.3, -0.25) is 9.59 Å². The zero-order valence-corrected chi connectivity index (χ0v) is 14.1. The van der Waals surface area contributed by atoms with Gasteiger partial charge in [0.15, 0.2) is 5.78 Å². The summed E-state index contributed by atoms with van der Waals surface area (Å²) in [6, 6.07) is 0. The van der Waals surface area contributed by atoms with E-state index in [2.05, 4.69) is 4.98 Å². The van der Waals surface area contributed by atoms with E-state index < -0.39 is 5.60 Å². The molecule has 22 heavy (non-hydrogen) atoms. The van der Waals surface area contributed by atoms with Gasteiger partial charge >= 0.3 is 0 Å². The van der Waals surface area contributed by atoms with Crippen molar-refractivity contribution in [3.8, 4) is 0 Å². The Morgan fingerprint density at radius 1 is 1.41 bits per heavy atom. The van der Waals surface area contributed by atoms with Gasteiger partial charge in [-0.05, 0) is 39.2 Å². The largest absolute Gasteiger partial charge is 0.390 e. The molecule has 1 amide bonds. The second-order valence-electron chi connectivity index (χ2n) is 6.64. The molecule has 5 nitrogen and oxygen atoms in total. The van der Waals surface area contributed by atoms with Crippen LogP contribution in [0.15, 0.2) is 0 Å².